The summed E-state index contributed by atoms with van der Waals surface area (Å²) in [5.74, 6) is -0.595. The standard InChI is InChI=1S/C13H16N4O3S/c1-16-8-10(7-15-16)9-17(2)21(19,20)12-5-3-11(4-6-12)13(14)18/h3-8H,9H2,1-2H3,(H2,14,18). The Morgan fingerprint density at radius 1 is 1.33 bits per heavy atom. The summed E-state index contributed by atoms with van der Waals surface area (Å²) in [7, 11) is -0.371. The number of hydrogen-bond acceptors (Lipinski definition) is 4. The van der Waals surface area contributed by atoms with Gasteiger partial charge in [0.2, 0.25) is 15.9 Å². The average Bonchev–Trinajstić information content (AvgIpc) is 2.84. The number of nitrogens with two attached hydrogens (primary N) is 1. The van der Waals surface area contributed by atoms with E-state index >= 15 is 0 Å². The van der Waals surface area contributed by atoms with Crippen molar-refractivity contribution in [1.29, 1.82) is 0 Å². The van der Waals surface area contributed by atoms with Gasteiger partial charge in [-0.3, -0.25) is 9.48 Å². The summed E-state index contributed by atoms with van der Waals surface area (Å²) in [5, 5.41) is 4.00. The third kappa shape index (κ3) is 3.29. The van der Waals surface area contributed by atoms with Crippen molar-refractivity contribution in [3.63, 3.8) is 0 Å². The van der Waals surface area contributed by atoms with Crippen LogP contribution in [0.25, 0.3) is 0 Å². The molecule has 7 nitrogen and oxygen atoms in total. The number of hydrogen-bond donors (Lipinski definition) is 1. The molecule has 0 bridgehead atoms. The van der Waals surface area contributed by atoms with Crippen LogP contribution < -0.4 is 5.73 Å². The highest BCUT2D eigenvalue weighted by Crippen LogP contribution is 2.17. The lowest BCUT2D eigenvalue weighted by atomic mass is 10.2. The monoisotopic (exact) mass is 308 g/mol. The van der Waals surface area contributed by atoms with E-state index in [4.69, 9.17) is 5.73 Å². The van der Waals surface area contributed by atoms with Crippen molar-refractivity contribution >= 4 is 15.9 Å². The minimum Gasteiger partial charge on any atom is -0.366 e. The van der Waals surface area contributed by atoms with Crippen molar-refractivity contribution in [3.8, 4) is 0 Å². The van der Waals surface area contributed by atoms with Crippen LogP contribution in [0.4, 0.5) is 0 Å². The van der Waals surface area contributed by atoms with Gasteiger partial charge in [0, 0.05) is 38.0 Å². The zero-order chi connectivity index (χ0) is 15.6. The van der Waals surface area contributed by atoms with Gasteiger partial charge < -0.3 is 5.73 Å². The number of aryl methyl sites for hydroxylation is 1. The molecule has 0 fully saturated rings. The molecule has 1 amide bonds. The van der Waals surface area contributed by atoms with Gasteiger partial charge in [0.15, 0.2) is 0 Å². The Morgan fingerprint density at radius 2 is 1.95 bits per heavy atom. The normalized spacial score (nSPS) is 11.8. The Balaban J connectivity index is 2.22. The van der Waals surface area contributed by atoms with E-state index in [1.54, 1.807) is 24.1 Å². The van der Waals surface area contributed by atoms with Crippen LogP contribution in [0.1, 0.15) is 15.9 Å². The highest BCUT2D eigenvalue weighted by molar-refractivity contribution is 7.89. The van der Waals surface area contributed by atoms with Gasteiger partial charge in [-0.25, -0.2) is 8.42 Å². The molecule has 0 saturated heterocycles. The highest BCUT2D eigenvalue weighted by Gasteiger charge is 2.21. The molecule has 112 valence electrons. The minimum atomic E-state index is -3.63. The van der Waals surface area contributed by atoms with Gasteiger partial charge >= 0.3 is 0 Å². The second-order valence-electron chi connectivity index (χ2n) is 4.67. The van der Waals surface area contributed by atoms with Gasteiger partial charge in [-0.2, -0.15) is 9.40 Å². The van der Waals surface area contributed by atoms with Crippen molar-refractivity contribution in [2.45, 2.75) is 11.4 Å². The lowest BCUT2D eigenvalue weighted by Gasteiger charge is -2.16. The highest BCUT2D eigenvalue weighted by atomic mass is 32.2. The van der Waals surface area contributed by atoms with Gasteiger partial charge in [-0.05, 0) is 24.3 Å². The molecule has 0 spiro atoms. The summed E-state index contributed by atoms with van der Waals surface area (Å²) >= 11 is 0. The Labute approximate surface area is 123 Å². The summed E-state index contributed by atoms with van der Waals surface area (Å²) in [6, 6.07) is 5.53. The molecule has 0 aliphatic rings. The quantitative estimate of drug-likeness (QED) is 0.861. The molecule has 0 aliphatic carbocycles. The molecule has 0 unspecified atom stereocenters. The number of carbonyl (C=O) groups excluding carboxylic acids is 1. The number of carbonyl (C=O) groups is 1. The molecule has 1 aromatic carbocycles. The number of benzene rings is 1. The summed E-state index contributed by atoms with van der Waals surface area (Å²) in [6.07, 6.45) is 3.37. The number of sulfonamides is 1. The average molecular weight is 308 g/mol. The van der Waals surface area contributed by atoms with Crippen LogP contribution in [0.15, 0.2) is 41.6 Å². The van der Waals surface area contributed by atoms with Crippen LogP contribution in [0.2, 0.25) is 0 Å². The van der Waals surface area contributed by atoms with Crippen LogP contribution in [0.5, 0.6) is 0 Å². The Bertz CT molecular complexity index is 750. The van der Waals surface area contributed by atoms with Crippen LogP contribution in [0, 0.1) is 0 Å². The van der Waals surface area contributed by atoms with Gasteiger partial charge in [-0.15, -0.1) is 0 Å². The fourth-order valence-corrected chi connectivity index (χ4v) is 3.03. The van der Waals surface area contributed by atoms with Crippen molar-refractivity contribution < 1.29 is 13.2 Å². The fourth-order valence-electron chi connectivity index (χ4n) is 1.87. The number of primary amides is 1. The van der Waals surface area contributed by atoms with E-state index in [0.717, 1.165) is 5.56 Å². The SMILES string of the molecule is CN(Cc1cnn(C)c1)S(=O)(=O)c1ccc(C(N)=O)cc1. The molecule has 1 heterocycles. The molecule has 2 N–H and O–H groups in total. The first-order valence-electron chi connectivity index (χ1n) is 6.14. The molecule has 1 aromatic heterocycles. The van der Waals surface area contributed by atoms with E-state index < -0.39 is 15.9 Å². The van der Waals surface area contributed by atoms with E-state index in [2.05, 4.69) is 5.10 Å². The molecule has 2 aromatic rings. The van der Waals surface area contributed by atoms with E-state index in [1.807, 2.05) is 0 Å². The molecule has 0 radical (unpaired) electrons. The molecule has 0 atom stereocenters. The number of amides is 1. The number of rotatable bonds is 5. The second kappa shape index (κ2) is 5.66. The van der Waals surface area contributed by atoms with Gasteiger partial charge in [-0.1, -0.05) is 0 Å². The largest absolute Gasteiger partial charge is 0.366 e. The van der Waals surface area contributed by atoms with Crippen LogP contribution in [-0.2, 0) is 23.6 Å². The lowest BCUT2D eigenvalue weighted by molar-refractivity contribution is 0.1000. The molecule has 2 rings (SSSR count). The van der Waals surface area contributed by atoms with E-state index in [-0.39, 0.29) is 17.0 Å². The second-order valence-corrected chi connectivity index (χ2v) is 6.72. The first-order chi connectivity index (χ1) is 9.80. The summed E-state index contributed by atoms with van der Waals surface area (Å²) in [5.41, 5.74) is 6.19. The van der Waals surface area contributed by atoms with Crippen LogP contribution in [-0.4, -0.2) is 35.5 Å². The maximum Gasteiger partial charge on any atom is 0.248 e. The molecular formula is C13H16N4O3S. The van der Waals surface area contributed by atoms with Crippen molar-refractivity contribution in [3.05, 3.63) is 47.8 Å². The van der Waals surface area contributed by atoms with Crippen LogP contribution >= 0.6 is 0 Å². The first kappa shape index (κ1) is 15.2. The third-order valence-corrected chi connectivity index (χ3v) is 4.83. The molecule has 8 heteroatoms. The van der Waals surface area contributed by atoms with Crippen LogP contribution in [0.3, 0.4) is 0 Å². The minimum absolute atomic E-state index is 0.110. The van der Waals surface area contributed by atoms with Gasteiger partial charge in [0.25, 0.3) is 0 Å². The smallest absolute Gasteiger partial charge is 0.248 e. The lowest BCUT2D eigenvalue weighted by Crippen LogP contribution is -2.26. The zero-order valence-electron chi connectivity index (χ0n) is 11.7. The Kier molecular flexibility index (Phi) is 4.10. The summed E-state index contributed by atoms with van der Waals surface area (Å²) < 4.78 is 27.6. The van der Waals surface area contributed by atoms with Gasteiger partial charge in [0.05, 0.1) is 11.1 Å². The van der Waals surface area contributed by atoms with Crippen molar-refractivity contribution in [2.75, 3.05) is 7.05 Å². The fraction of sp³-hybridized carbons (Fsp3) is 0.231. The Hall–Kier alpha value is -2.19. The number of nitrogens with zero attached hydrogens (tertiary/aromatic N) is 3. The molecule has 0 aliphatic heterocycles. The first-order valence-corrected chi connectivity index (χ1v) is 7.58. The molecule has 0 saturated carbocycles. The topological polar surface area (TPSA) is 98.3 Å². The summed E-state index contributed by atoms with van der Waals surface area (Å²) in [6.45, 7) is 0.216. The van der Waals surface area contributed by atoms with E-state index in [9.17, 15) is 13.2 Å². The van der Waals surface area contributed by atoms with Crippen molar-refractivity contribution in [2.24, 2.45) is 12.8 Å². The predicted molar refractivity (Wildman–Crippen MR) is 76.8 cm³/mol. The third-order valence-electron chi connectivity index (χ3n) is 3.01. The molecule has 21 heavy (non-hydrogen) atoms. The molecular weight excluding hydrogens is 292 g/mol. The summed E-state index contributed by atoms with van der Waals surface area (Å²) in [4.78, 5) is 11.1. The Morgan fingerprint density at radius 3 is 2.43 bits per heavy atom. The van der Waals surface area contributed by atoms with E-state index in [0.29, 0.717) is 0 Å². The van der Waals surface area contributed by atoms with Crippen molar-refractivity contribution in [1.82, 2.24) is 14.1 Å². The maximum atomic E-state index is 12.4. The zero-order valence-corrected chi connectivity index (χ0v) is 12.5. The maximum absolute atomic E-state index is 12.4. The predicted octanol–water partition coefficient (Wildman–Crippen LogP) is 0.340. The number of aromatic nitrogens is 2. The van der Waals surface area contributed by atoms with E-state index in [1.165, 1.54) is 35.6 Å². The van der Waals surface area contributed by atoms with Gasteiger partial charge in [0.1, 0.15) is 0 Å².